The van der Waals surface area contributed by atoms with Crippen molar-refractivity contribution in [2.75, 3.05) is 6.61 Å². The van der Waals surface area contributed by atoms with Crippen LogP contribution in [0.3, 0.4) is 0 Å². The topological polar surface area (TPSA) is 49.7 Å². The van der Waals surface area contributed by atoms with Crippen LogP contribution in [0.25, 0.3) is 0 Å². The molecule has 0 heterocycles. The number of unbranched alkanes of at least 4 members (excludes halogenated alkanes) is 1. The molecule has 0 radical (unpaired) electrons. The van der Waals surface area contributed by atoms with Crippen molar-refractivity contribution < 1.29 is 14.9 Å². The van der Waals surface area contributed by atoms with Crippen molar-refractivity contribution in [3.05, 3.63) is 35.5 Å². The summed E-state index contributed by atoms with van der Waals surface area (Å²) in [5, 5.41) is 20.2. The van der Waals surface area contributed by atoms with Gasteiger partial charge in [-0.15, -0.1) is 0 Å². The minimum atomic E-state index is -0.612. The van der Waals surface area contributed by atoms with Crippen molar-refractivity contribution in [2.45, 2.75) is 110 Å². The molecule has 176 valence electrons. The number of aliphatic hydroxyl groups excluding tert-OH is 2. The second-order valence-corrected chi connectivity index (χ2v) is 11.1. The molecule has 0 aromatic carbocycles. The molecule has 3 saturated carbocycles. The van der Waals surface area contributed by atoms with E-state index >= 15 is 0 Å². The van der Waals surface area contributed by atoms with E-state index in [1.807, 2.05) is 0 Å². The summed E-state index contributed by atoms with van der Waals surface area (Å²) in [6.07, 6.45) is 14.7. The van der Waals surface area contributed by atoms with Crippen molar-refractivity contribution in [2.24, 2.45) is 23.2 Å². The highest BCUT2D eigenvalue weighted by molar-refractivity contribution is 5.38. The Hall–Kier alpha value is -0.900. The maximum absolute atomic E-state index is 10.1. The van der Waals surface area contributed by atoms with Gasteiger partial charge in [-0.25, -0.2) is 0 Å². The Morgan fingerprint density at radius 3 is 2.68 bits per heavy atom. The van der Waals surface area contributed by atoms with Gasteiger partial charge < -0.3 is 14.9 Å². The normalized spacial score (nSPS) is 37.6. The number of allylic oxidation sites excluding steroid dienone is 3. The molecule has 0 saturated heterocycles. The molecule has 2 N–H and O–H groups in total. The maximum atomic E-state index is 10.1. The van der Waals surface area contributed by atoms with E-state index in [9.17, 15) is 10.2 Å². The highest BCUT2D eigenvalue weighted by Gasteiger charge is 2.51. The van der Waals surface area contributed by atoms with E-state index in [0.717, 1.165) is 23.7 Å². The van der Waals surface area contributed by atoms with Crippen LogP contribution in [-0.2, 0) is 4.74 Å². The third kappa shape index (κ3) is 5.92. The molecule has 0 bridgehead atoms. The van der Waals surface area contributed by atoms with E-state index < -0.39 is 12.2 Å². The lowest BCUT2D eigenvalue weighted by atomic mass is 9.62. The lowest BCUT2D eigenvalue weighted by molar-refractivity contribution is -0.0262. The summed E-state index contributed by atoms with van der Waals surface area (Å²) in [5.74, 6) is 2.04. The number of hydrogen-bond acceptors (Lipinski definition) is 3. The fourth-order valence-electron chi connectivity index (χ4n) is 6.56. The van der Waals surface area contributed by atoms with E-state index in [1.165, 1.54) is 51.4 Å². The quantitative estimate of drug-likeness (QED) is 0.441. The van der Waals surface area contributed by atoms with Crippen LogP contribution in [-0.4, -0.2) is 35.1 Å². The minimum absolute atomic E-state index is 0.322. The van der Waals surface area contributed by atoms with Crippen LogP contribution < -0.4 is 0 Å². The van der Waals surface area contributed by atoms with E-state index in [-0.39, 0.29) is 0 Å². The number of fused-ring (bicyclic) bond motifs is 1. The molecule has 3 aliphatic carbocycles. The smallest absolute Gasteiger partial charge is 0.0811 e. The van der Waals surface area contributed by atoms with Gasteiger partial charge in [-0.3, -0.25) is 0 Å². The van der Waals surface area contributed by atoms with Crippen LogP contribution in [0.5, 0.6) is 0 Å². The molecule has 0 aliphatic heterocycles. The van der Waals surface area contributed by atoms with E-state index in [2.05, 4.69) is 46.4 Å². The average Bonchev–Trinajstić information content (AvgIpc) is 3.06. The van der Waals surface area contributed by atoms with Gasteiger partial charge in [0.25, 0.3) is 0 Å². The SMILES string of the molecule is C=C1/C(=C\C=C2/CCC[C@]3(C)[C@@H]([C@@H](C)OCCCCC(C)C)CC[C@@H]23)C[C@@H](O)C[C@@H]1O. The second-order valence-electron chi connectivity index (χ2n) is 11.1. The first-order valence-corrected chi connectivity index (χ1v) is 12.8. The first-order chi connectivity index (χ1) is 14.7. The van der Waals surface area contributed by atoms with Crippen LogP contribution >= 0.6 is 0 Å². The highest BCUT2D eigenvalue weighted by Crippen LogP contribution is 2.58. The second kappa shape index (κ2) is 10.8. The van der Waals surface area contributed by atoms with E-state index in [4.69, 9.17) is 4.74 Å². The van der Waals surface area contributed by atoms with Gasteiger partial charge in [-0.2, -0.15) is 0 Å². The Morgan fingerprint density at radius 2 is 1.94 bits per heavy atom. The third-order valence-corrected chi connectivity index (χ3v) is 8.43. The van der Waals surface area contributed by atoms with Gasteiger partial charge >= 0.3 is 0 Å². The van der Waals surface area contributed by atoms with Gasteiger partial charge in [0.1, 0.15) is 0 Å². The largest absolute Gasteiger partial charge is 0.393 e. The minimum Gasteiger partial charge on any atom is -0.393 e. The van der Waals surface area contributed by atoms with Crippen LogP contribution in [0.15, 0.2) is 35.5 Å². The van der Waals surface area contributed by atoms with Gasteiger partial charge in [0.15, 0.2) is 0 Å². The molecule has 0 unspecified atom stereocenters. The first kappa shape index (κ1) is 24.7. The Kier molecular flexibility index (Phi) is 8.63. The van der Waals surface area contributed by atoms with Gasteiger partial charge in [0.2, 0.25) is 0 Å². The van der Waals surface area contributed by atoms with E-state index in [0.29, 0.717) is 36.2 Å². The van der Waals surface area contributed by atoms with Crippen molar-refractivity contribution in [3.63, 3.8) is 0 Å². The molecule has 3 rings (SSSR count). The zero-order valence-electron chi connectivity index (χ0n) is 20.4. The monoisotopic (exact) mass is 430 g/mol. The third-order valence-electron chi connectivity index (χ3n) is 8.43. The molecule has 3 aliphatic rings. The summed E-state index contributed by atoms with van der Waals surface area (Å²) in [7, 11) is 0. The summed E-state index contributed by atoms with van der Waals surface area (Å²) >= 11 is 0. The number of ether oxygens (including phenoxy) is 1. The number of rotatable bonds is 8. The Balaban J connectivity index is 1.63. The fourth-order valence-corrected chi connectivity index (χ4v) is 6.56. The summed E-state index contributed by atoms with van der Waals surface area (Å²) in [6.45, 7) is 14.4. The Morgan fingerprint density at radius 1 is 1.16 bits per heavy atom. The molecule has 3 nitrogen and oxygen atoms in total. The number of aliphatic hydroxyl groups is 2. The molecule has 31 heavy (non-hydrogen) atoms. The fraction of sp³-hybridized carbons (Fsp3) is 0.786. The van der Waals surface area contributed by atoms with Crippen LogP contribution in [0, 0.1) is 23.2 Å². The number of hydrogen-bond donors (Lipinski definition) is 2. The standard InChI is InChI=1S/C28H46O3/c1-19(2)9-6-7-16-31-21(4)25-13-14-26-22(10-8-15-28(25,26)5)11-12-23-17-24(29)18-27(30)20(23)3/h11-12,19,21,24-27,29-30H,3,6-10,13-18H2,1-2,4-5H3/b22-11+,23-12-/t21-,24-,25-,26+,27+,28-/m1/s1. The molecule has 0 aromatic heterocycles. The lowest BCUT2D eigenvalue weighted by Gasteiger charge is -2.44. The van der Waals surface area contributed by atoms with Crippen molar-refractivity contribution in [3.8, 4) is 0 Å². The predicted molar refractivity (Wildman–Crippen MR) is 129 cm³/mol. The van der Waals surface area contributed by atoms with Crippen molar-refractivity contribution in [1.29, 1.82) is 0 Å². The van der Waals surface area contributed by atoms with Crippen molar-refractivity contribution >= 4 is 0 Å². The molecule has 3 heteroatoms. The predicted octanol–water partition coefficient (Wildman–Crippen LogP) is 6.36. The maximum Gasteiger partial charge on any atom is 0.0811 e. The summed E-state index contributed by atoms with van der Waals surface area (Å²) in [4.78, 5) is 0. The van der Waals surface area contributed by atoms with Gasteiger partial charge in [0.05, 0.1) is 18.3 Å². The molecule has 0 aromatic rings. The zero-order chi connectivity index (χ0) is 22.6. The van der Waals surface area contributed by atoms with E-state index in [1.54, 1.807) is 5.57 Å². The Labute approximate surface area is 190 Å². The average molecular weight is 431 g/mol. The van der Waals surface area contributed by atoms with Crippen LogP contribution in [0.4, 0.5) is 0 Å². The molecule has 0 amide bonds. The Bertz CT molecular complexity index is 676. The summed E-state index contributed by atoms with van der Waals surface area (Å²) in [5.41, 5.74) is 3.67. The highest BCUT2D eigenvalue weighted by atomic mass is 16.5. The summed E-state index contributed by atoms with van der Waals surface area (Å²) < 4.78 is 6.35. The molecule has 0 spiro atoms. The van der Waals surface area contributed by atoms with Crippen LogP contribution in [0.2, 0.25) is 0 Å². The first-order valence-electron chi connectivity index (χ1n) is 12.8. The molecular weight excluding hydrogens is 384 g/mol. The van der Waals surface area contributed by atoms with Gasteiger partial charge in [-0.1, -0.05) is 57.9 Å². The molecular formula is C28H46O3. The summed E-state index contributed by atoms with van der Waals surface area (Å²) in [6, 6.07) is 0. The zero-order valence-corrected chi connectivity index (χ0v) is 20.4. The van der Waals surface area contributed by atoms with Gasteiger partial charge in [0, 0.05) is 13.0 Å². The lowest BCUT2D eigenvalue weighted by Crippen LogP contribution is -2.38. The molecule has 6 atom stereocenters. The molecule has 3 fully saturated rings. The van der Waals surface area contributed by atoms with Crippen LogP contribution in [0.1, 0.15) is 91.9 Å². The van der Waals surface area contributed by atoms with Gasteiger partial charge in [-0.05, 0) is 86.2 Å². The van der Waals surface area contributed by atoms with Crippen molar-refractivity contribution in [1.82, 2.24) is 0 Å².